The number of sulfone groups is 1. The normalized spacial score (nSPS) is 12.3. The van der Waals surface area contributed by atoms with Crippen molar-refractivity contribution in [2.75, 3.05) is 12.3 Å². The van der Waals surface area contributed by atoms with Crippen LogP contribution in [0.25, 0.3) is 0 Å². The minimum atomic E-state index is -3.63. The van der Waals surface area contributed by atoms with Crippen molar-refractivity contribution in [2.24, 2.45) is 5.73 Å². The lowest BCUT2D eigenvalue weighted by Crippen LogP contribution is -2.33. The van der Waals surface area contributed by atoms with Gasteiger partial charge >= 0.3 is 0 Å². The number of hydrogen-bond acceptors (Lipinski definition) is 4. The third kappa shape index (κ3) is 6.56. The summed E-state index contributed by atoms with van der Waals surface area (Å²) in [4.78, 5) is 11.6. The fourth-order valence-corrected chi connectivity index (χ4v) is 2.68. The van der Waals surface area contributed by atoms with Crippen molar-refractivity contribution in [2.45, 2.75) is 24.3 Å². The largest absolute Gasteiger partial charge is 0.355 e. The van der Waals surface area contributed by atoms with Gasteiger partial charge in [-0.15, -0.1) is 12.4 Å². The van der Waals surface area contributed by atoms with Gasteiger partial charge in [0.05, 0.1) is 4.90 Å². The molecular weight excluding hydrogens is 323 g/mol. The second-order valence-electron chi connectivity index (χ2n) is 4.33. The van der Waals surface area contributed by atoms with Gasteiger partial charge in [-0.05, 0) is 37.6 Å². The molecule has 0 radical (unpaired) electrons. The Morgan fingerprint density at radius 1 is 1.35 bits per heavy atom. The van der Waals surface area contributed by atoms with Gasteiger partial charge in [0, 0.05) is 17.6 Å². The Kier molecular flexibility index (Phi) is 8.12. The summed E-state index contributed by atoms with van der Waals surface area (Å²) in [6, 6.07) is 5.68. The summed E-state index contributed by atoms with van der Waals surface area (Å²) in [5.74, 6) is -1.11. The van der Waals surface area contributed by atoms with Crippen molar-refractivity contribution in [3.63, 3.8) is 0 Å². The summed E-state index contributed by atoms with van der Waals surface area (Å²) < 4.78 is 23.8. The maximum absolute atomic E-state index is 11.9. The van der Waals surface area contributed by atoms with Crippen LogP contribution in [0.3, 0.4) is 0 Å². The number of halogens is 2. The third-order valence-corrected chi connectivity index (χ3v) is 4.30. The summed E-state index contributed by atoms with van der Waals surface area (Å²) in [5.41, 5.74) is 5.53. The Morgan fingerprint density at radius 3 is 2.40 bits per heavy atom. The van der Waals surface area contributed by atoms with E-state index in [4.69, 9.17) is 17.3 Å². The van der Waals surface area contributed by atoms with E-state index < -0.39 is 21.5 Å². The zero-order chi connectivity index (χ0) is 14.5. The second kappa shape index (κ2) is 8.46. The Morgan fingerprint density at radius 2 is 1.90 bits per heavy atom. The predicted octanol–water partition coefficient (Wildman–Crippen LogP) is 1.39. The van der Waals surface area contributed by atoms with Crippen LogP contribution in [0.1, 0.15) is 13.3 Å². The highest BCUT2D eigenvalue weighted by Crippen LogP contribution is 2.15. The Hall–Kier alpha value is -0.820. The van der Waals surface area contributed by atoms with E-state index in [1.54, 1.807) is 0 Å². The lowest BCUT2D eigenvalue weighted by molar-refractivity contribution is -0.118. The molecule has 0 saturated carbocycles. The summed E-state index contributed by atoms with van der Waals surface area (Å²) in [7, 11) is -3.63. The predicted molar refractivity (Wildman–Crippen MR) is 82.0 cm³/mol. The van der Waals surface area contributed by atoms with Gasteiger partial charge in [0.1, 0.15) is 5.75 Å². The first-order valence-corrected chi connectivity index (χ1v) is 7.85. The molecule has 0 spiro atoms. The number of carbonyl (C=O) groups is 1. The van der Waals surface area contributed by atoms with Crippen LogP contribution in [0, 0.1) is 0 Å². The topological polar surface area (TPSA) is 89.3 Å². The van der Waals surface area contributed by atoms with Crippen LogP contribution in [-0.2, 0) is 14.6 Å². The van der Waals surface area contributed by atoms with Crippen LogP contribution in [-0.4, -0.2) is 32.7 Å². The van der Waals surface area contributed by atoms with E-state index >= 15 is 0 Å². The lowest BCUT2D eigenvalue weighted by Gasteiger charge is -2.08. The standard InChI is InChI=1S/C12H17ClN2O3S.ClH/c1-9(14)6-7-15-12(16)8-19(17,18)11-4-2-10(13)3-5-11;/h2-5,9H,6-8,14H2,1H3,(H,15,16);1H. The highest BCUT2D eigenvalue weighted by atomic mass is 35.5. The molecule has 0 aliphatic carbocycles. The van der Waals surface area contributed by atoms with Crippen molar-refractivity contribution in [1.29, 1.82) is 0 Å². The van der Waals surface area contributed by atoms with Gasteiger partial charge in [0.2, 0.25) is 5.91 Å². The van der Waals surface area contributed by atoms with Crippen molar-refractivity contribution in [1.82, 2.24) is 5.32 Å². The summed E-state index contributed by atoms with van der Waals surface area (Å²) >= 11 is 5.68. The lowest BCUT2D eigenvalue weighted by atomic mass is 10.2. The molecule has 0 bridgehead atoms. The van der Waals surface area contributed by atoms with Crippen LogP contribution in [0.2, 0.25) is 5.02 Å². The molecule has 20 heavy (non-hydrogen) atoms. The quantitative estimate of drug-likeness (QED) is 0.818. The molecule has 1 aromatic carbocycles. The first-order chi connectivity index (χ1) is 8.81. The van der Waals surface area contributed by atoms with Crippen molar-refractivity contribution >= 4 is 39.8 Å². The van der Waals surface area contributed by atoms with Crippen LogP contribution < -0.4 is 11.1 Å². The number of benzene rings is 1. The molecule has 0 fully saturated rings. The fraction of sp³-hybridized carbons (Fsp3) is 0.417. The average Bonchev–Trinajstić information content (AvgIpc) is 2.28. The van der Waals surface area contributed by atoms with E-state index in [1.165, 1.54) is 24.3 Å². The minimum Gasteiger partial charge on any atom is -0.355 e. The summed E-state index contributed by atoms with van der Waals surface area (Å²) in [6.07, 6.45) is 0.604. The molecule has 1 aromatic rings. The molecule has 1 amide bonds. The highest BCUT2D eigenvalue weighted by molar-refractivity contribution is 7.92. The van der Waals surface area contributed by atoms with Gasteiger partial charge in [-0.2, -0.15) is 0 Å². The van der Waals surface area contributed by atoms with E-state index in [1.807, 2.05) is 6.92 Å². The molecule has 1 unspecified atom stereocenters. The Bertz CT molecular complexity index is 530. The zero-order valence-electron chi connectivity index (χ0n) is 11.0. The number of carbonyl (C=O) groups excluding carboxylic acids is 1. The van der Waals surface area contributed by atoms with Crippen molar-refractivity contribution in [3.05, 3.63) is 29.3 Å². The van der Waals surface area contributed by atoms with E-state index in [0.29, 0.717) is 18.0 Å². The average molecular weight is 341 g/mol. The van der Waals surface area contributed by atoms with Crippen LogP contribution in [0.15, 0.2) is 29.2 Å². The van der Waals surface area contributed by atoms with E-state index in [2.05, 4.69) is 5.32 Å². The van der Waals surface area contributed by atoms with Gasteiger partial charge < -0.3 is 11.1 Å². The van der Waals surface area contributed by atoms with E-state index in [-0.39, 0.29) is 23.3 Å². The third-order valence-electron chi connectivity index (χ3n) is 2.42. The number of nitrogens with two attached hydrogens (primary N) is 1. The van der Waals surface area contributed by atoms with Gasteiger partial charge in [-0.3, -0.25) is 4.79 Å². The van der Waals surface area contributed by atoms with Crippen LogP contribution in [0.5, 0.6) is 0 Å². The Balaban J connectivity index is 0.00000361. The number of amides is 1. The highest BCUT2D eigenvalue weighted by Gasteiger charge is 2.18. The van der Waals surface area contributed by atoms with Gasteiger partial charge in [0.15, 0.2) is 9.84 Å². The molecule has 5 nitrogen and oxygen atoms in total. The number of rotatable bonds is 6. The first-order valence-electron chi connectivity index (χ1n) is 5.82. The SMILES string of the molecule is CC(N)CCNC(=O)CS(=O)(=O)c1ccc(Cl)cc1.Cl. The molecule has 8 heteroatoms. The smallest absolute Gasteiger partial charge is 0.235 e. The molecule has 3 N–H and O–H groups in total. The molecule has 114 valence electrons. The fourth-order valence-electron chi connectivity index (χ4n) is 1.39. The first kappa shape index (κ1) is 19.2. The minimum absolute atomic E-state index is 0. The summed E-state index contributed by atoms with van der Waals surface area (Å²) in [5, 5.41) is 2.97. The molecule has 0 aliphatic rings. The van der Waals surface area contributed by atoms with Gasteiger partial charge in [-0.25, -0.2) is 8.42 Å². The van der Waals surface area contributed by atoms with Crippen LogP contribution in [0.4, 0.5) is 0 Å². The summed E-state index contributed by atoms with van der Waals surface area (Å²) in [6.45, 7) is 2.18. The van der Waals surface area contributed by atoms with Gasteiger partial charge in [0.25, 0.3) is 0 Å². The van der Waals surface area contributed by atoms with Gasteiger partial charge in [-0.1, -0.05) is 11.6 Å². The number of nitrogens with one attached hydrogen (secondary N) is 1. The van der Waals surface area contributed by atoms with E-state index in [0.717, 1.165) is 0 Å². The monoisotopic (exact) mass is 340 g/mol. The molecule has 0 heterocycles. The Labute approximate surface area is 130 Å². The molecule has 0 aromatic heterocycles. The van der Waals surface area contributed by atoms with Crippen molar-refractivity contribution < 1.29 is 13.2 Å². The maximum atomic E-state index is 11.9. The van der Waals surface area contributed by atoms with Crippen molar-refractivity contribution in [3.8, 4) is 0 Å². The van der Waals surface area contributed by atoms with Crippen LogP contribution >= 0.6 is 24.0 Å². The molecular formula is C12H18Cl2N2O3S. The zero-order valence-corrected chi connectivity index (χ0v) is 13.4. The maximum Gasteiger partial charge on any atom is 0.235 e. The second-order valence-corrected chi connectivity index (χ2v) is 6.75. The molecule has 0 aliphatic heterocycles. The molecule has 1 atom stereocenters. The molecule has 0 saturated heterocycles. The van der Waals surface area contributed by atoms with E-state index in [9.17, 15) is 13.2 Å². The number of hydrogen-bond donors (Lipinski definition) is 2. The molecule has 1 rings (SSSR count).